The van der Waals surface area contributed by atoms with E-state index in [0.29, 0.717) is 42.6 Å². The van der Waals surface area contributed by atoms with Crippen LogP contribution in [0.4, 0.5) is 10.5 Å². The van der Waals surface area contributed by atoms with Crippen molar-refractivity contribution in [2.75, 3.05) is 31.1 Å². The summed E-state index contributed by atoms with van der Waals surface area (Å²) in [6.07, 6.45) is -0.713. The van der Waals surface area contributed by atoms with Gasteiger partial charge in [-0.1, -0.05) is 53.5 Å². The molecular formula is C21H23Cl2N3O3. The van der Waals surface area contributed by atoms with Crippen LogP contribution in [0.25, 0.3) is 0 Å². The van der Waals surface area contributed by atoms with Crippen LogP contribution in [0.1, 0.15) is 24.5 Å². The molecule has 0 aromatic heterocycles. The fourth-order valence-electron chi connectivity index (χ4n) is 3.41. The smallest absolute Gasteiger partial charge is 0.405 e. The van der Waals surface area contributed by atoms with Gasteiger partial charge in [-0.15, -0.1) is 0 Å². The van der Waals surface area contributed by atoms with Gasteiger partial charge < -0.3 is 20.3 Å². The summed E-state index contributed by atoms with van der Waals surface area (Å²) in [5, 5.41) is 1.04. The number of amides is 2. The Labute approximate surface area is 180 Å². The number of halogens is 2. The predicted octanol–water partition coefficient (Wildman–Crippen LogP) is 4.26. The standard InChI is InChI=1S/C21H23Cl2N3O3/c22-17-7-6-16(14-18(17)23)25-10-12-26(13-11-25)20(27)9-8-19(29-21(24)28)15-4-2-1-3-5-15/h1-7,14,19H,8-13H2,(H2,24,28). The van der Waals surface area contributed by atoms with Crippen molar-refractivity contribution < 1.29 is 14.3 Å². The second-order valence-electron chi connectivity index (χ2n) is 6.84. The quantitative estimate of drug-likeness (QED) is 0.735. The Kier molecular flexibility index (Phi) is 7.23. The summed E-state index contributed by atoms with van der Waals surface area (Å²) in [5.74, 6) is 0.0350. The SMILES string of the molecule is NC(=O)OC(CCC(=O)N1CCN(c2ccc(Cl)c(Cl)c2)CC1)c1ccccc1. The van der Waals surface area contributed by atoms with Crippen molar-refractivity contribution in [1.82, 2.24) is 4.90 Å². The van der Waals surface area contributed by atoms with E-state index in [1.807, 2.05) is 47.4 Å². The fraction of sp³-hybridized carbons (Fsp3) is 0.333. The average molecular weight is 436 g/mol. The monoisotopic (exact) mass is 435 g/mol. The van der Waals surface area contributed by atoms with Crippen LogP contribution in [-0.4, -0.2) is 43.1 Å². The van der Waals surface area contributed by atoms with Crippen LogP contribution in [-0.2, 0) is 9.53 Å². The number of piperazine rings is 1. The van der Waals surface area contributed by atoms with Crippen molar-refractivity contribution in [3.05, 3.63) is 64.1 Å². The lowest BCUT2D eigenvalue weighted by atomic mass is 10.0. The minimum atomic E-state index is -0.846. The van der Waals surface area contributed by atoms with Gasteiger partial charge in [0.1, 0.15) is 6.10 Å². The molecule has 0 spiro atoms. The summed E-state index contributed by atoms with van der Waals surface area (Å²) in [5.41, 5.74) is 7.00. The Morgan fingerprint density at radius 3 is 2.31 bits per heavy atom. The summed E-state index contributed by atoms with van der Waals surface area (Å²) in [6, 6.07) is 14.8. The van der Waals surface area contributed by atoms with E-state index in [9.17, 15) is 9.59 Å². The van der Waals surface area contributed by atoms with Crippen LogP contribution >= 0.6 is 23.2 Å². The van der Waals surface area contributed by atoms with Crippen LogP contribution in [0.2, 0.25) is 10.0 Å². The summed E-state index contributed by atoms with van der Waals surface area (Å²) in [6.45, 7) is 2.66. The van der Waals surface area contributed by atoms with Gasteiger partial charge in [-0.25, -0.2) is 4.79 Å². The number of benzene rings is 2. The van der Waals surface area contributed by atoms with Crippen LogP contribution in [0, 0.1) is 0 Å². The number of nitrogens with zero attached hydrogens (tertiary/aromatic N) is 2. The number of carbonyl (C=O) groups is 2. The molecule has 6 nitrogen and oxygen atoms in total. The molecule has 2 amide bonds. The first-order valence-corrected chi connectivity index (χ1v) is 10.2. The third-order valence-corrected chi connectivity index (χ3v) is 5.69. The van der Waals surface area contributed by atoms with Crippen molar-refractivity contribution in [3.8, 4) is 0 Å². The molecule has 3 rings (SSSR count). The molecule has 0 aliphatic carbocycles. The Morgan fingerprint density at radius 1 is 1.00 bits per heavy atom. The molecule has 1 saturated heterocycles. The zero-order valence-corrected chi connectivity index (χ0v) is 17.4. The highest BCUT2D eigenvalue weighted by Crippen LogP contribution is 2.28. The lowest BCUT2D eigenvalue weighted by Crippen LogP contribution is -2.48. The second kappa shape index (κ2) is 9.85. The predicted molar refractivity (Wildman–Crippen MR) is 114 cm³/mol. The Morgan fingerprint density at radius 2 is 1.69 bits per heavy atom. The third-order valence-electron chi connectivity index (χ3n) is 4.95. The van der Waals surface area contributed by atoms with Gasteiger partial charge in [0.2, 0.25) is 5.91 Å². The number of anilines is 1. The van der Waals surface area contributed by atoms with Gasteiger partial charge in [-0.3, -0.25) is 4.79 Å². The van der Waals surface area contributed by atoms with E-state index in [0.717, 1.165) is 11.3 Å². The first-order valence-electron chi connectivity index (χ1n) is 9.43. The van der Waals surface area contributed by atoms with E-state index >= 15 is 0 Å². The van der Waals surface area contributed by atoms with E-state index in [4.69, 9.17) is 33.7 Å². The normalized spacial score (nSPS) is 15.1. The maximum absolute atomic E-state index is 12.7. The number of ether oxygens (including phenoxy) is 1. The maximum atomic E-state index is 12.7. The zero-order valence-electron chi connectivity index (χ0n) is 15.9. The number of nitrogens with two attached hydrogens (primary N) is 1. The molecule has 0 saturated carbocycles. The van der Waals surface area contributed by atoms with Crippen LogP contribution in [0.5, 0.6) is 0 Å². The number of primary amides is 1. The number of hydrogen-bond acceptors (Lipinski definition) is 4. The maximum Gasteiger partial charge on any atom is 0.405 e. The molecule has 0 radical (unpaired) electrons. The van der Waals surface area contributed by atoms with Crippen molar-refractivity contribution in [1.29, 1.82) is 0 Å². The molecule has 2 aromatic rings. The van der Waals surface area contributed by atoms with E-state index in [1.54, 1.807) is 6.07 Å². The van der Waals surface area contributed by atoms with Crippen molar-refractivity contribution >= 4 is 40.9 Å². The minimum absolute atomic E-state index is 0.0350. The molecular weight excluding hydrogens is 413 g/mol. The molecule has 29 heavy (non-hydrogen) atoms. The largest absolute Gasteiger partial charge is 0.441 e. The van der Waals surface area contributed by atoms with Crippen LogP contribution in [0.3, 0.4) is 0 Å². The lowest BCUT2D eigenvalue weighted by molar-refractivity contribution is -0.132. The Hall–Kier alpha value is -2.44. The highest BCUT2D eigenvalue weighted by atomic mass is 35.5. The van der Waals surface area contributed by atoms with E-state index in [2.05, 4.69) is 4.90 Å². The van der Waals surface area contributed by atoms with Gasteiger partial charge in [-0.2, -0.15) is 0 Å². The molecule has 1 unspecified atom stereocenters. The van der Waals surface area contributed by atoms with Crippen LogP contribution < -0.4 is 10.6 Å². The Bertz CT molecular complexity index is 856. The summed E-state index contributed by atoms with van der Waals surface area (Å²) in [4.78, 5) is 27.9. The van der Waals surface area contributed by atoms with Crippen LogP contribution in [0.15, 0.2) is 48.5 Å². The summed E-state index contributed by atoms with van der Waals surface area (Å²) in [7, 11) is 0. The minimum Gasteiger partial charge on any atom is -0.441 e. The van der Waals surface area contributed by atoms with E-state index in [-0.39, 0.29) is 12.3 Å². The highest BCUT2D eigenvalue weighted by molar-refractivity contribution is 6.42. The Balaban J connectivity index is 1.53. The fourth-order valence-corrected chi connectivity index (χ4v) is 3.70. The second-order valence-corrected chi connectivity index (χ2v) is 7.66. The van der Waals surface area contributed by atoms with Crippen molar-refractivity contribution in [2.45, 2.75) is 18.9 Å². The molecule has 2 aromatic carbocycles. The molecule has 8 heteroatoms. The molecule has 1 atom stereocenters. The molecule has 1 aliphatic heterocycles. The highest BCUT2D eigenvalue weighted by Gasteiger charge is 2.23. The number of hydrogen-bond donors (Lipinski definition) is 1. The number of carbonyl (C=O) groups excluding carboxylic acids is 2. The third kappa shape index (κ3) is 5.78. The molecule has 154 valence electrons. The van der Waals surface area contributed by atoms with E-state index < -0.39 is 12.2 Å². The van der Waals surface area contributed by atoms with Gasteiger partial charge in [0.15, 0.2) is 0 Å². The van der Waals surface area contributed by atoms with Gasteiger partial charge in [-0.05, 0) is 30.2 Å². The van der Waals surface area contributed by atoms with Crippen molar-refractivity contribution in [2.24, 2.45) is 5.73 Å². The topological polar surface area (TPSA) is 75.9 Å². The number of rotatable bonds is 6. The molecule has 0 bridgehead atoms. The van der Waals surface area contributed by atoms with Gasteiger partial charge >= 0.3 is 6.09 Å². The van der Waals surface area contributed by atoms with Gasteiger partial charge in [0.25, 0.3) is 0 Å². The lowest BCUT2D eigenvalue weighted by Gasteiger charge is -2.36. The first kappa shape index (κ1) is 21.3. The van der Waals surface area contributed by atoms with Gasteiger partial charge in [0, 0.05) is 38.3 Å². The van der Waals surface area contributed by atoms with Crippen molar-refractivity contribution in [3.63, 3.8) is 0 Å². The first-order chi connectivity index (χ1) is 13.9. The molecule has 1 aliphatic rings. The molecule has 2 N–H and O–H groups in total. The van der Waals surface area contributed by atoms with Gasteiger partial charge in [0.05, 0.1) is 10.0 Å². The average Bonchev–Trinajstić information content (AvgIpc) is 2.73. The molecule has 1 fully saturated rings. The summed E-state index contributed by atoms with van der Waals surface area (Å²) >= 11 is 12.1. The van der Waals surface area contributed by atoms with E-state index in [1.165, 1.54) is 0 Å². The molecule has 1 heterocycles. The summed E-state index contributed by atoms with van der Waals surface area (Å²) < 4.78 is 5.21. The zero-order chi connectivity index (χ0) is 20.8.